The highest BCUT2D eigenvalue weighted by molar-refractivity contribution is 6.05. The molecule has 0 aliphatic carbocycles. The van der Waals surface area contributed by atoms with Crippen molar-refractivity contribution in [3.8, 4) is 0 Å². The third-order valence-electron chi connectivity index (χ3n) is 4.85. The van der Waals surface area contributed by atoms with E-state index in [9.17, 15) is 14.4 Å². The van der Waals surface area contributed by atoms with Crippen molar-refractivity contribution in [3.05, 3.63) is 29.8 Å². The SMILES string of the molecule is CCOCCCNC(=O)c1ccccc1NC(=O)[C@@H]1CC(=O)N([C@H](C)COC)C1. The van der Waals surface area contributed by atoms with E-state index >= 15 is 0 Å². The van der Waals surface area contributed by atoms with Crippen LogP contribution in [0.25, 0.3) is 0 Å². The number of nitrogens with one attached hydrogen (secondary N) is 2. The van der Waals surface area contributed by atoms with Crippen LogP contribution in [0.2, 0.25) is 0 Å². The molecule has 3 amide bonds. The Labute approximate surface area is 171 Å². The molecule has 8 heteroatoms. The topological polar surface area (TPSA) is 97.0 Å². The molecule has 2 N–H and O–H groups in total. The minimum Gasteiger partial charge on any atom is -0.383 e. The highest BCUT2D eigenvalue weighted by Crippen LogP contribution is 2.23. The van der Waals surface area contributed by atoms with Crippen LogP contribution in [0.5, 0.6) is 0 Å². The second-order valence-electron chi connectivity index (χ2n) is 7.09. The molecule has 2 rings (SSSR count). The van der Waals surface area contributed by atoms with Crippen LogP contribution in [0.15, 0.2) is 24.3 Å². The zero-order valence-corrected chi connectivity index (χ0v) is 17.4. The van der Waals surface area contributed by atoms with E-state index in [1.54, 1.807) is 36.3 Å². The first-order valence-electron chi connectivity index (χ1n) is 10.0. The number of hydrogen-bond donors (Lipinski definition) is 2. The van der Waals surface area contributed by atoms with Crippen LogP contribution >= 0.6 is 0 Å². The molecule has 29 heavy (non-hydrogen) atoms. The predicted octanol–water partition coefficient (Wildman–Crippen LogP) is 1.66. The molecule has 1 heterocycles. The average molecular weight is 405 g/mol. The Hall–Kier alpha value is -2.45. The second-order valence-corrected chi connectivity index (χ2v) is 7.09. The predicted molar refractivity (Wildman–Crippen MR) is 110 cm³/mol. The lowest BCUT2D eigenvalue weighted by Crippen LogP contribution is -2.38. The number of amides is 3. The number of carbonyl (C=O) groups excluding carboxylic acids is 3. The van der Waals surface area contributed by atoms with Crippen molar-refractivity contribution >= 4 is 23.4 Å². The quantitative estimate of drug-likeness (QED) is 0.546. The van der Waals surface area contributed by atoms with Gasteiger partial charge in [0, 0.05) is 39.8 Å². The van der Waals surface area contributed by atoms with Crippen molar-refractivity contribution in [2.24, 2.45) is 5.92 Å². The summed E-state index contributed by atoms with van der Waals surface area (Å²) in [5.74, 6) is -1.03. The largest absolute Gasteiger partial charge is 0.383 e. The first-order valence-corrected chi connectivity index (χ1v) is 10.0. The standard InChI is InChI=1S/C21H31N3O5/c1-4-29-11-7-10-22-21(27)17-8-5-6-9-18(17)23-20(26)16-12-19(25)24(13-16)15(2)14-28-3/h5-6,8-9,15-16H,4,7,10-14H2,1-3H3,(H,22,27)(H,23,26)/t15-,16-/m1/s1. The minimum atomic E-state index is -0.455. The summed E-state index contributed by atoms with van der Waals surface area (Å²) >= 11 is 0. The van der Waals surface area contributed by atoms with Gasteiger partial charge in [0.1, 0.15) is 0 Å². The summed E-state index contributed by atoms with van der Waals surface area (Å²) in [6.45, 7) is 6.31. The van der Waals surface area contributed by atoms with Crippen molar-refractivity contribution in [1.29, 1.82) is 0 Å². The lowest BCUT2D eigenvalue weighted by molar-refractivity contribution is -0.130. The van der Waals surface area contributed by atoms with Crippen LogP contribution in [0.4, 0.5) is 5.69 Å². The molecule has 1 fully saturated rings. The maximum absolute atomic E-state index is 12.7. The molecule has 0 radical (unpaired) electrons. The molecule has 1 aromatic rings. The van der Waals surface area contributed by atoms with Gasteiger partial charge in [0.25, 0.3) is 5.91 Å². The molecular weight excluding hydrogens is 374 g/mol. The zero-order chi connectivity index (χ0) is 21.2. The number of likely N-dealkylation sites (tertiary alicyclic amines) is 1. The molecule has 8 nitrogen and oxygen atoms in total. The van der Waals surface area contributed by atoms with E-state index in [0.717, 1.165) is 0 Å². The summed E-state index contributed by atoms with van der Waals surface area (Å²) in [6.07, 6.45) is 0.874. The molecule has 1 aliphatic rings. The Morgan fingerprint density at radius 1 is 1.31 bits per heavy atom. The smallest absolute Gasteiger partial charge is 0.253 e. The minimum absolute atomic E-state index is 0.0602. The van der Waals surface area contributed by atoms with Crippen LogP contribution in [-0.4, -0.2) is 68.7 Å². The fourth-order valence-corrected chi connectivity index (χ4v) is 3.31. The fraction of sp³-hybridized carbons (Fsp3) is 0.571. The van der Waals surface area contributed by atoms with Crippen molar-refractivity contribution < 1.29 is 23.9 Å². The number of benzene rings is 1. The van der Waals surface area contributed by atoms with Gasteiger partial charge in [-0.2, -0.15) is 0 Å². The number of hydrogen-bond acceptors (Lipinski definition) is 5. The normalized spacial score (nSPS) is 17.3. The Balaban J connectivity index is 1.95. The Morgan fingerprint density at radius 2 is 2.07 bits per heavy atom. The summed E-state index contributed by atoms with van der Waals surface area (Å²) in [6, 6.07) is 6.78. The van der Waals surface area contributed by atoms with Crippen LogP contribution < -0.4 is 10.6 Å². The summed E-state index contributed by atoms with van der Waals surface area (Å²) in [5, 5.41) is 5.66. The number of ether oxygens (including phenoxy) is 2. The van der Waals surface area contributed by atoms with E-state index in [-0.39, 0.29) is 30.2 Å². The molecule has 0 unspecified atom stereocenters. The van der Waals surface area contributed by atoms with Gasteiger partial charge >= 0.3 is 0 Å². The number of methoxy groups -OCH3 is 1. The summed E-state index contributed by atoms with van der Waals surface area (Å²) in [7, 11) is 1.58. The number of para-hydroxylation sites is 1. The van der Waals surface area contributed by atoms with Crippen molar-refractivity contribution in [2.45, 2.75) is 32.7 Å². The number of rotatable bonds is 11. The highest BCUT2D eigenvalue weighted by atomic mass is 16.5. The molecule has 160 valence electrons. The van der Waals surface area contributed by atoms with Gasteiger partial charge in [0.15, 0.2) is 0 Å². The Morgan fingerprint density at radius 3 is 2.79 bits per heavy atom. The summed E-state index contributed by atoms with van der Waals surface area (Å²) in [5.41, 5.74) is 0.835. The maximum Gasteiger partial charge on any atom is 0.253 e. The molecule has 1 saturated heterocycles. The maximum atomic E-state index is 12.7. The van der Waals surface area contributed by atoms with E-state index in [2.05, 4.69) is 10.6 Å². The van der Waals surface area contributed by atoms with E-state index in [1.807, 2.05) is 13.8 Å². The van der Waals surface area contributed by atoms with Gasteiger partial charge in [-0.1, -0.05) is 12.1 Å². The van der Waals surface area contributed by atoms with Gasteiger partial charge < -0.3 is 25.0 Å². The van der Waals surface area contributed by atoms with Crippen molar-refractivity contribution in [2.75, 3.05) is 45.3 Å². The molecule has 0 saturated carbocycles. The van der Waals surface area contributed by atoms with E-state index < -0.39 is 5.92 Å². The Bertz CT molecular complexity index is 709. The van der Waals surface area contributed by atoms with Crippen molar-refractivity contribution in [1.82, 2.24) is 10.2 Å². The van der Waals surface area contributed by atoms with Crippen LogP contribution in [0.1, 0.15) is 37.0 Å². The van der Waals surface area contributed by atoms with E-state index in [0.29, 0.717) is 50.6 Å². The number of carbonyl (C=O) groups is 3. The van der Waals surface area contributed by atoms with Gasteiger partial charge in [-0.05, 0) is 32.4 Å². The average Bonchev–Trinajstić information content (AvgIpc) is 3.10. The van der Waals surface area contributed by atoms with Gasteiger partial charge in [-0.15, -0.1) is 0 Å². The molecule has 1 aromatic carbocycles. The van der Waals surface area contributed by atoms with Gasteiger partial charge in [-0.3, -0.25) is 14.4 Å². The van der Waals surface area contributed by atoms with Crippen LogP contribution in [0.3, 0.4) is 0 Å². The third-order valence-corrected chi connectivity index (χ3v) is 4.85. The lowest BCUT2D eigenvalue weighted by Gasteiger charge is -2.24. The van der Waals surface area contributed by atoms with Gasteiger partial charge in [0.2, 0.25) is 11.8 Å². The first-order chi connectivity index (χ1) is 14.0. The highest BCUT2D eigenvalue weighted by Gasteiger charge is 2.36. The number of anilines is 1. The first kappa shape index (κ1) is 22.8. The van der Waals surface area contributed by atoms with Gasteiger partial charge in [0.05, 0.1) is 29.8 Å². The van der Waals surface area contributed by atoms with Crippen LogP contribution in [0, 0.1) is 5.92 Å². The molecule has 1 aliphatic heterocycles. The van der Waals surface area contributed by atoms with E-state index in [1.165, 1.54) is 0 Å². The van der Waals surface area contributed by atoms with Crippen LogP contribution in [-0.2, 0) is 19.1 Å². The summed E-state index contributed by atoms with van der Waals surface area (Å²) < 4.78 is 10.4. The Kier molecular flexibility index (Phi) is 9.08. The lowest BCUT2D eigenvalue weighted by atomic mass is 10.1. The monoisotopic (exact) mass is 405 g/mol. The number of nitrogens with zero attached hydrogens (tertiary/aromatic N) is 1. The molecule has 0 spiro atoms. The summed E-state index contributed by atoms with van der Waals surface area (Å²) in [4.78, 5) is 39.1. The molecule has 2 atom stereocenters. The zero-order valence-electron chi connectivity index (χ0n) is 17.4. The molecule has 0 bridgehead atoms. The molecule has 0 aromatic heterocycles. The fourth-order valence-electron chi connectivity index (χ4n) is 3.31. The third kappa shape index (κ3) is 6.54. The van der Waals surface area contributed by atoms with E-state index in [4.69, 9.17) is 9.47 Å². The van der Waals surface area contributed by atoms with Crippen molar-refractivity contribution in [3.63, 3.8) is 0 Å². The second kappa shape index (κ2) is 11.5. The van der Waals surface area contributed by atoms with Gasteiger partial charge in [-0.25, -0.2) is 0 Å². The molecular formula is C21H31N3O5.